The molecule has 0 atom stereocenters. The maximum atomic E-state index is 12.2. The second-order valence-electron chi connectivity index (χ2n) is 6.32. The Hall–Kier alpha value is -3.22. The zero-order chi connectivity index (χ0) is 21.1. The van der Waals surface area contributed by atoms with Crippen LogP contribution in [0.4, 0.5) is 0 Å². The predicted octanol–water partition coefficient (Wildman–Crippen LogP) is 5.67. The molecule has 30 heavy (non-hydrogen) atoms. The maximum absolute atomic E-state index is 12.2. The fraction of sp³-hybridized carbons (Fsp3) is 0. The second-order valence-corrected chi connectivity index (χ2v) is 7.67. The smallest absolute Gasteiger partial charge is 0.363 e. The third-order valence-corrected chi connectivity index (χ3v) is 4.87. The number of rotatable bonds is 4. The number of halogens is 2. The largest absolute Gasteiger partial charge is 0.423 e. The van der Waals surface area contributed by atoms with Crippen LogP contribution < -0.4 is 4.74 Å². The molecule has 0 saturated carbocycles. The topological polar surface area (TPSA) is 65.0 Å². The lowest BCUT2D eigenvalue weighted by atomic mass is 10.2. The molecule has 0 fully saturated rings. The Labute approximate surface area is 185 Å². The number of carbonyl (C=O) groups is 2. The van der Waals surface area contributed by atoms with Crippen molar-refractivity contribution in [3.05, 3.63) is 105 Å². The van der Waals surface area contributed by atoms with Gasteiger partial charge in [-0.3, -0.25) is 0 Å². The van der Waals surface area contributed by atoms with Gasteiger partial charge in [-0.1, -0.05) is 51.8 Å². The highest BCUT2D eigenvalue weighted by molar-refractivity contribution is 9.10. The van der Waals surface area contributed by atoms with Crippen LogP contribution in [0.5, 0.6) is 5.75 Å². The molecule has 1 aliphatic heterocycles. The lowest BCUT2D eigenvalue weighted by Gasteiger charge is -2.05. The Morgan fingerprint density at radius 3 is 2.53 bits per heavy atom. The van der Waals surface area contributed by atoms with Gasteiger partial charge in [0.1, 0.15) is 5.75 Å². The number of esters is 2. The van der Waals surface area contributed by atoms with E-state index < -0.39 is 11.9 Å². The molecule has 0 saturated heterocycles. The first-order valence-electron chi connectivity index (χ1n) is 8.84. The predicted molar refractivity (Wildman–Crippen MR) is 118 cm³/mol. The van der Waals surface area contributed by atoms with Crippen LogP contribution in [0.1, 0.15) is 21.5 Å². The molecule has 0 aromatic heterocycles. The summed E-state index contributed by atoms with van der Waals surface area (Å²) in [6, 6.07) is 20.6. The SMILES string of the molecule is O=C1OC(c2cccc(Cl)c2)=N/C1=C/c1ccc(OC(=O)c2cccc(Br)c2)cc1. The second kappa shape index (κ2) is 8.65. The molecule has 0 unspecified atom stereocenters. The first kappa shape index (κ1) is 20.1. The molecule has 0 amide bonds. The van der Waals surface area contributed by atoms with Crippen molar-refractivity contribution in [2.45, 2.75) is 0 Å². The lowest BCUT2D eigenvalue weighted by molar-refractivity contribution is -0.129. The van der Waals surface area contributed by atoms with Crippen molar-refractivity contribution in [3.8, 4) is 5.75 Å². The monoisotopic (exact) mass is 481 g/mol. The number of ether oxygens (including phenoxy) is 2. The maximum Gasteiger partial charge on any atom is 0.363 e. The molecule has 1 aliphatic rings. The van der Waals surface area contributed by atoms with Crippen molar-refractivity contribution in [2.24, 2.45) is 4.99 Å². The van der Waals surface area contributed by atoms with Gasteiger partial charge in [-0.25, -0.2) is 14.6 Å². The van der Waals surface area contributed by atoms with Crippen LogP contribution in [0.2, 0.25) is 5.02 Å². The third-order valence-electron chi connectivity index (χ3n) is 4.15. The molecule has 3 aromatic rings. The summed E-state index contributed by atoms with van der Waals surface area (Å²) in [6.07, 6.45) is 1.60. The van der Waals surface area contributed by atoms with E-state index in [1.807, 2.05) is 6.07 Å². The molecule has 0 bridgehead atoms. The van der Waals surface area contributed by atoms with E-state index in [4.69, 9.17) is 21.1 Å². The Morgan fingerprint density at radius 1 is 1.03 bits per heavy atom. The van der Waals surface area contributed by atoms with Crippen molar-refractivity contribution < 1.29 is 19.1 Å². The molecule has 148 valence electrons. The fourth-order valence-electron chi connectivity index (χ4n) is 2.73. The summed E-state index contributed by atoms with van der Waals surface area (Å²) in [5.74, 6) is -0.416. The van der Waals surface area contributed by atoms with Gasteiger partial charge in [-0.15, -0.1) is 0 Å². The number of carbonyl (C=O) groups excluding carboxylic acids is 2. The summed E-state index contributed by atoms with van der Waals surface area (Å²) < 4.78 is 11.4. The van der Waals surface area contributed by atoms with Crippen molar-refractivity contribution >= 4 is 51.4 Å². The summed E-state index contributed by atoms with van der Waals surface area (Å²) in [5.41, 5.74) is 1.94. The van der Waals surface area contributed by atoms with Crippen molar-refractivity contribution in [3.63, 3.8) is 0 Å². The number of hydrogen-bond donors (Lipinski definition) is 0. The normalized spacial score (nSPS) is 14.4. The molecule has 3 aromatic carbocycles. The highest BCUT2D eigenvalue weighted by atomic mass is 79.9. The van der Waals surface area contributed by atoms with Crippen molar-refractivity contribution in [1.82, 2.24) is 0 Å². The molecule has 5 nitrogen and oxygen atoms in total. The first-order chi connectivity index (χ1) is 14.5. The van der Waals surface area contributed by atoms with Gasteiger partial charge in [-0.05, 0) is 60.2 Å². The molecule has 0 radical (unpaired) electrons. The quantitative estimate of drug-likeness (QED) is 0.273. The van der Waals surface area contributed by atoms with E-state index in [9.17, 15) is 9.59 Å². The molecule has 7 heteroatoms. The van der Waals surface area contributed by atoms with E-state index in [0.717, 1.165) is 4.47 Å². The number of benzene rings is 3. The van der Waals surface area contributed by atoms with Crippen LogP contribution in [0.3, 0.4) is 0 Å². The lowest BCUT2D eigenvalue weighted by Crippen LogP contribution is -2.08. The van der Waals surface area contributed by atoms with E-state index in [0.29, 0.717) is 27.5 Å². The highest BCUT2D eigenvalue weighted by Gasteiger charge is 2.24. The van der Waals surface area contributed by atoms with Gasteiger partial charge in [0.25, 0.3) is 0 Å². The number of cyclic esters (lactones) is 1. The Morgan fingerprint density at radius 2 is 1.80 bits per heavy atom. The van der Waals surface area contributed by atoms with Crippen LogP contribution in [0, 0.1) is 0 Å². The Kier molecular flexibility index (Phi) is 5.79. The molecular formula is C23H13BrClNO4. The average Bonchev–Trinajstić information content (AvgIpc) is 3.10. The minimum Gasteiger partial charge on any atom is -0.423 e. The zero-order valence-corrected chi connectivity index (χ0v) is 17.7. The van der Waals surface area contributed by atoms with Gasteiger partial charge in [-0.2, -0.15) is 0 Å². The number of hydrogen-bond acceptors (Lipinski definition) is 5. The molecule has 0 aliphatic carbocycles. The molecule has 0 N–H and O–H groups in total. The van der Waals surface area contributed by atoms with Crippen LogP contribution in [-0.2, 0) is 9.53 Å². The molecular weight excluding hydrogens is 470 g/mol. The van der Waals surface area contributed by atoms with Gasteiger partial charge in [0.2, 0.25) is 5.90 Å². The van der Waals surface area contributed by atoms with Crippen LogP contribution in [0.25, 0.3) is 6.08 Å². The van der Waals surface area contributed by atoms with Crippen molar-refractivity contribution in [1.29, 1.82) is 0 Å². The summed E-state index contributed by atoms with van der Waals surface area (Å²) in [5, 5.41) is 0.525. The van der Waals surface area contributed by atoms with E-state index in [-0.39, 0.29) is 11.6 Å². The summed E-state index contributed by atoms with van der Waals surface area (Å²) in [7, 11) is 0. The van der Waals surface area contributed by atoms with Crippen molar-refractivity contribution in [2.75, 3.05) is 0 Å². The molecule has 4 rings (SSSR count). The van der Waals surface area contributed by atoms with Gasteiger partial charge in [0.15, 0.2) is 5.70 Å². The zero-order valence-electron chi connectivity index (χ0n) is 15.3. The van der Waals surface area contributed by atoms with Crippen LogP contribution >= 0.6 is 27.5 Å². The molecule has 1 heterocycles. The number of nitrogens with zero attached hydrogens (tertiary/aromatic N) is 1. The Bertz CT molecular complexity index is 1200. The van der Waals surface area contributed by atoms with Crippen LogP contribution in [-0.4, -0.2) is 17.8 Å². The first-order valence-corrected chi connectivity index (χ1v) is 10.0. The van der Waals surface area contributed by atoms with E-state index in [1.165, 1.54) is 0 Å². The van der Waals surface area contributed by atoms with Crippen LogP contribution in [0.15, 0.2) is 88.0 Å². The summed E-state index contributed by atoms with van der Waals surface area (Å²) >= 11 is 9.30. The minimum atomic E-state index is -0.546. The summed E-state index contributed by atoms with van der Waals surface area (Å²) in [4.78, 5) is 28.6. The minimum absolute atomic E-state index is 0.170. The number of aliphatic imine (C=N–C) groups is 1. The average molecular weight is 483 g/mol. The molecule has 0 spiro atoms. The standard InChI is InChI=1S/C23H13BrClNO4/c24-17-5-1-4-16(12-17)22(27)29-19-9-7-14(8-10-19)11-20-23(28)30-21(26-20)15-3-2-6-18(25)13-15/h1-13H/b20-11+. The third kappa shape index (κ3) is 4.67. The van der Waals surface area contributed by atoms with E-state index in [1.54, 1.807) is 72.8 Å². The van der Waals surface area contributed by atoms with E-state index >= 15 is 0 Å². The summed E-state index contributed by atoms with van der Waals surface area (Å²) in [6.45, 7) is 0. The van der Waals surface area contributed by atoms with E-state index in [2.05, 4.69) is 20.9 Å². The van der Waals surface area contributed by atoms with Gasteiger partial charge in [0, 0.05) is 15.1 Å². The highest BCUT2D eigenvalue weighted by Crippen LogP contribution is 2.22. The fourth-order valence-corrected chi connectivity index (χ4v) is 3.32. The Balaban J connectivity index is 1.49. The van der Waals surface area contributed by atoms with Gasteiger partial charge in [0.05, 0.1) is 5.56 Å². The van der Waals surface area contributed by atoms with Gasteiger partial charge >= 0.3 is 11.9 Å². The van der Waals surface area contributed by atoms with Gasteiger partial charge < -0.3 is 9.47 Å².